The van der Waals surface area contributed by atoms with Crippen LogP contribution in [0.5, 0.6) is 11.5 Å². The average Bonchev–Trinajstić information content (AvgIpc) is 3.23. The first-order chi connectivity index (χ1) is 16.6. The number of methoxy groups -OCH3 is 1. The van der Waals surface area contributed by atoms with Gasteiger partial charge in [-0.25, -0.2) is 0 Å². The quantitative estimate of drug-likeness (QED) is 0.403. The van der Waals surface area contributed by atoms with E-state index in [1.54, 1.807) is 19.2 Å². The molecule has 0 fully saturated rings. The van der Waals surface area contributed by atoms with E-state index in [1.165, 1.54) is 0 Å². The predicted octanol–water partition coefficient (Wildman–Crippen LogP) is 4.71. The maximum atomic E-state index is 9.15. The Hall–Kier alpha value is -4.41. The van der Waals surface area contributed by atoms with Crippen LogP contribution in [0.3, 0.4) is 0 Å². The SMILES string of the molecule is COc1cc2ncc3c(c(-c4ccc(C#N)cc4)nn3C)c2cc1OCc1cccc(CN)c1. The summed E-state index contributed by atoms with van der Waals surface area (Å²) < 4.78 is 13.6. The van der Waals surface area contributed by atoms with Gasteiger partial charge in [0.25, 0.3) is 0 Å². The van der Waals surface area contributed by atoms with Gasteiger partial charge in [0.1, 0.15) is 12.3 Å². The molecule has 0 saturated heterocycles. The molecule has 0 spiro atoms. The van der Waals surface area contributed by atoms with E-state index in [4.69, 9.17) is 25.6 Å². The molecule has 2 aromatic heterocycles. The van der Waals surface area contributed by atoms with Gasteiger partial charge >= 0.3 is 0 Å². The van der Waals surface area contributed by atoms with E-state index >= 15 is 0 Å². The number of nitriles is 1. The van der Waals surface area contributed by atoms with E-state index in [0.29, 0.717) is 30.2 Å². The van der Waals surface area contributed by atoms with E-state index in [9.17, 15) is 0 Å². The highest BCUT2D eigenvalue weighted by Crippen LogP contribution is 2.38. The number of fused-ring (bicyclic) bond motifs is 3. The summed E-state index contributed by atoms with van der Waals surface area (Å²) >= 11 is 0. The number of pyridine rings is 1. The number of nitrogens with zero attached hydrogens (tertiary/aromatic N) is 4. The standard InChI is InChI=1S/C27H23N5O2/c1-32-23-15-30-22-12-24(33-2)25(34-16-19-5-3-4-18(10-19)14-29)11-21(22)26(23)27(31-32)20-8-6-17(13-28)7-9-20/h3-12,15H,14,16,29H2,1-2H3. The molecule has 3 aromatic carbocycles. The molecular weight excluding hydrogens is 426 g/mol. The van der Waals surface area contributed by atoms with Gasteiger partial charge in [-0.1, -0.05) is 36.4 Å². The average molecular weight is 450 g/mol. The van der Waals surface area contributed by atoms with Crippen molar-refractivity contribution in [3.05, 3.63) is 83.6 Å². The zero-order valence-corrected chi connectivity index (χ0v) is 18.9. The van der Waals surface area contributed by atoms with Crippen LogP contribution in [0, 0.1) is 11.3 Å². The summed E-state index contributed by atoms with van der Waals surface area (Å²) in [6.45, 7) is 0.866. The fourth-order valence-corrected chi connectivity index (χ4v) is 4.12. The minimum absolute atomic E-state index is 0.384. The van der Waals surface area contributed by atoms with E-state index in [2.05, 4.69) is 11.1 Å². The minimum Gasteiger partial charge on any atom is -0.493 e. The number of aromatic nitrogens is 3. The van der Waals surface area contributed by atoms with Crippen LogP contribution in [-0.2, 0) is 20.2 Å². The van der Waals surface area contributed by atoms with Gasteiger partial charge in [-0.2, -0.15) is 10.4 Å². The Morgan fingerprint density at radius 2 is 1.82 bits per heavy atom. The third kappa shape index (κ3) is 3.81. The zero-order chi connectivity index (χ0) is 23.7. The van der Waals surface area contributed by atoms with Gasteiger partial charge in [0, 0.05) is 36.0 Å². The molecular formula is C27H23N5O2. The van der Waals surface area contributed by atoms with Gasteiger partial charge in [-0.15, -0.1) is 0 Å². The smallest absolute Gasteiger partial charge is 0.162 e. The molecule has 7 heteroatoms. The minimum atomic E-state index is 0.384. The lowest BCUT2D eigenvalue weighted by atomic mass is 10.0. The van der Waals surface area contributed by atoms with E-state index in [-0.39, 0.29) is 0 Å². The Balaban J connectivity index is 1.63. The topological polar surface area (TPSA) is 99.0 Å². The molecule has 2 heterocycles. The third-order valence-electron chi connectivity index (χ3n) is 5.88. The largest absolute Gasteiger partial charge is 0.493 e. The molecule has 0 aliphatic rings. The van der Waals surface area contributed by atoms with Gasteiger partial charge < -0.3 is 15.2 Å². The summed E-state index contributed by atoms with van der Waals surface area (Å²) in [6.07, 6.45) is 1.82. The summed E-state index contributed by atoms with van der Waals surface area (Å²) in [5, 5.41) is 15.8. The van der Waals surface area contributed by atoms with Crippen LogP contribution >= 0.6 is 0 Å². The molecule has 5 aromatic rings. The van der Waals surface area contributed by atoms with Crippen molar-refractivity contribution < 1.29 is 9.47 Å². The molecule has 0 saturated carbocycles. The lowest BCUT2D eigenvalue weighted by Gasteiger charge is -2.13. The molecule has 0 radical (unpaired) electrons. The number of rotatable bonds is 6. The first-order valence-electron chi connectivity index (χ1n) is 10.9. The summed E-state index contributed by atoms with van der Waals surface area (Å²) in [5.74, 6) is 1.23. The highest BCUT2D eigenvalue weighted by molar-refractivity contribution is 6.11. The molecule has 2 N–H and O–H groups in total. The molecule has 0 amide bonds. The molecule has 5 rings (SSSR count). The number of aryl methyl sites for hydroxylation is 1. The second-order valence-corrected chi connectivity index (χ2v) is 8.01. The van der Waals surface area contributed by atoms with Gasteiger partial charge in [-0.05, 0) is 29.3 Å². The highest BCUT2D eigenvalue weighted by atomic mass is 16.5. The predicted molar refractivity (Wildman–Crippen MR) is 131 cm³/mol. The molecule has 7 nitrogen and oxygen atoms in total. The Labute approximate surface area is 197 Å². The van der Waals surface area contributed by atoms with Crippen LogP contribution < -0.4 is 15.2 Å². The van der Waals surface area contributed by atoms with E-state index in [1.807, 2.05) is 66.5 Å². The van der Waals surface area contributed by atoms with Crippen molar-refractivity contribution >= 4 is 21.8 Å². The second-order valence-electron chi connectivity index (χ2n) is 8.01. The molecule has 34 heavy (non-hydrogen) atoms. The third-order valence-corrected chi connectivity index (χ3v) is 5.88. The normalized spacial score (nSPS) is 11.0. The Morgan fingerprint density at radius 3 is 2.56 bits per heavy atom. The summed E-state index contributed by atoms with van der Waals surface area (Å²) in [4.78, 5) is 4.64. The maximum Gasteiger partial charge on any atom is 0.162 e. The highest BCUT2D eigenvalue weighted by Gasteiger charge is 2.17. The van der Waals surface area contributed by atoms with Crippen molar-refractivity contribution in [2.24, 2.45) is 12.8 Å². The summed E-state index contributed by atoms with van der Waals surface area (Å²) in [5.41, 5.74) is 11.9. The van der Waals surface area contributed by atoms with Gasteiger partial charge in [0.05, 0.1) is 36.0 Å². The molecule has 0 unspecified atom stereocenters. The summed E-state index contributed by atoms with van der Waals surface area (Å²) in [7, 11) is 3.52. The van der Waals surface area contributed by atoms with Crippen molar-refractivity contribution in [1.29, 1.82) is 5.26 Å². The number of nitrogens with two attached hydrogens (primary N) is 1. The first kappa shape index (κ1) is 21.4. The van der Waals surface area contributed by atoms with Crippen LogP contribution in [0.1, 0.15) is 16.7 Å². The second kappa shape index (κ2) is 8.85. The lowest BCUT2D eigenvalue weighted by molar-refractivity contribution is 0.285. The van der Waals surface area contributed by atoms with Crippen LogP contribution in [0.2, 0.25) is 0 Å². The lowest BCUT2D eigenvalue weighted by Crippen LogP contribution is -2.01. The monoisotopic (exact) mass is 449 g/mol. The van der Waals surface area contributed by atoms with Crippen molar-refractivity contribution in [3.8, 4) is 28.8 Å². The number of hydrogen-bond donors (Lipinski definition) is 1. The Bertz CT molecular complexity index is 1550. The van der Waals surface area contributed by atoms with E-state index in [0.717, 1.165) is 44.2 Å². The van der Waals surface area contributed by atoms with E-state index < -0.39 is 0 Å². The van der Waals surface area contributed by atoms with Crippen molar-refractivity contribution in [3.63, 3.8) is 0 Å². The maximum absolute atomic E-state index is 9.15. The summed E-state index contributed by atoms with van der Waals surface area (Å²) in [6, 6.07) is 21.5. The van der Waals surface area contributed by atoms with Crippen LogP contribution in [-0.4, -0.2) is 21.9 Å². The van der Waals surface area contributed by atoms with Crippen molar-refractivity contribution in [1.82, 2.24) is 14.8 Å². The van der Waals surface area contributed by atoms with Crippen LogP contribution in [0.4, 0.5) is 0 Å². The van der Waals surface area contributed by atoms with Crippen LogP contribution in [0.25, 0.3) is 33.1 Å². The molecule has 0 aliphatic carbocycles. The Kier molecular flexibility index (Phi) is 5.58. The zero-order valence-electron chi connectivity index (χ0n) is 18.9. The number of ether oxygens (including phenoxy) is 2. The number of benzene rings is 3. The van der Waals surface area contributed by atoms with Crippen LogP contribution in [0.15, 0.2) is 66.9 Å². The molecule has 0 aliphatic heterocycles. The fraction of sp³-hybridized carbons (Fsp3) is 0.148. The van der Waals surface area contributed by atoms with Gasteiger partial charge in [0.2, 0.25) is 0 Å². The van der Waals surface area contributed by atoms with Crippen molar-refractivity contribution in [2.75, 3.05) is 7.11 Å². The number of hydrogen-bond acceptors (Lipinski definition) is 6. The molecule has 168 valence electrons. The fourth-order valence-electron chi connectivity index (χ4n) is 4.12. The first-order valence-corrected chi connectivity index (χ1v) is 10.9. The van der Waals surface area contributed by atoms with Crippen molar-refractivity contribution in [2.45, 2.75) is 13.2 Å². The van der Waals surface area contributed by atoms with Gasteiger partial charge in [0.15, 0.2) is 11.5 Å². The Morgan fingerprint density at radius 1 is 1.03 bits per heavy atom. The molecule has 0 bridgehead atoms. The van der Waals surface area contributed by atoms with Gasteiger partial charge in [-0.3, -0.25) is 9.67 Å². The molecule has 0 atom stereocenters.